The largest absolute Gasteiger partial charge is 0.392 e. The first kappa shape index (κ1) is 29.4. The number of rotatable bonds is 13. The summed E-state index contributed by atoms with van der Waals surface area (Å²) in [6.45, 7) is 8.52. The SMILES string of the molecule is CC[C@H](OC)[C@@H](C)[C@H]1CC[C@@H]1[C@@H](O)[C@H](C)/C=C/C=C(\C)[C@@H]1O[C@H](OC)[C@H](OC)[C@@H](OC)[C@@H]1OC. The van der Waals surface area contributed by atoms with E-state index in [-0.39, 0.29) is 36.4 Å². The van der Waals surface area contributed by atoms with Crippen molar-refractivity contribution in [1.29, 1.82) is 0 Å². The molecular weight excluding hydrogens is 436 g/mol. The zero-order valence-electron chi connectivity index (χ0n) is 22.6. The summed E-state index contributed by atoms with van der Waals surface area (Å²) < 4.78 is 34.4. The molecule has 0 radical (unpaired) electrons. The molecule has 2 aliphatic rings. The fourth-order valence-electron chi connectivity index (χ4n) is 5.78. The Labute approximate surface area is 206 Å². The molecule has 0 bridgehead atoms. The van der Waals surface area contributed by atoms with Crippen LogP contribution in [0.15, 0.2) is 23.8 Å². The van der Waals surface area contributed by atoms with Crippen LogP contribution in [0.25, 0.3) is 0 Å². The highest BCUT2D eigenvalue weighted by molar-refractivity contribution is 5.19. The first-order chi connectivity index (χ1) is 16.3. The number of aliphatic hydroxyl groups is 1. The van der Waals surface area contributed by atoms with Gasteiger partial charge in [0.25, 0.3) is 0 Å². The zero-order valence-corrected chi connectivity index (χ0v) is 22.6. The van der Waals surface area contributed by atoms with E-state index in [1.165, 1.54) is 6.42 Å². The van der Waals surface area contributed by atoms with E-state index >= 15 is 0 Å². The van der Waals surface area contributed by atoms with Crippen LogP contribution in [-0.4, -0.2) is 83.6 Å². The van der Waals surface area contributed by atoms with Crippen LogP contribution in [0.3, 0.4) is 0 Å². The molecule has 1 aliphatic heterocycles. The summed E-state index contributed by atoms with van der Waals surface area (Å²) in [5.74, 6) is 1.33. The molecule has 0 aromatic rings. The van der Waals surface area contributed by atoms with Gasteiger partial charge in [0.05, 0.1) is 12.2 Å². The maximum atomic E-state index is 11.1. The first-order valence-corrected chi connectivity index (χ1v) is 12.6. The van der Waals surface area contributed by atoms with Crippen LogP contribution in [-0.2, 0) is 28.4 Å². The molecule has 7 nitrogen and oxygen atoms in total. The maximum Gasteiger partial charge on any atom is 0.186 e. The molecule has 7 heteroatoms. The van der Waals surface area contributed by atoms with Crippen molar-refractivity contribution in [3.63, 3.8) is 0 Å². The van der Waals surface area contributed by atoms with Gasteiger partial charge in [-0.2, -0.15) is 0 Å². The van der Waals surface area contributed by atoms with Crippen molar-refractivity contribution in [3.05, 3.63) is 23.8 Å². The van der Waals surface area contributed by atoms with Crippen molar-refractivity contribution in [2.75, 3.05) is 35.5 Å². The molecule has 0 amide bonds. The van der Waals surface area contributed by atoms with Crippen molar-refractivity contribution in [3.8, 4) is 0 Å². The number of hydrogen-bond donors (Lipinski definition) is 1. The van der Waals surface area contributed by atoms with Crippen LogP contribution in [0.5, 0.6) is 0 Å². The summed E-state index contributed by atoms with van der Waals surface area (Å²) in [4.78, 5) is 0. The Morgan fingerprint density at radius 3 is 2.03 bits per heavy atom. The van der Waals surface area contributed by atoms with E-state index < -0.39 is 12.4 Å². The second-order valence-electron chi connectivity index (χ2n) is 9.85. The van der Waals surface area contributed by atoms with Crippen LogP contribution in [0, 0.1) is 23.7 Å². The predicted molar refractivity (Wildman–Crippen MR) is 133 cm³/mol. The lowest BCUT2D eigenvalue weighted by atomic mass is 9.62. The van der Waals surface area contributed by atoms with Crippen molar-refractivity contribution < 1.29 is 33.5 Å². The number of aliphatic hydroxyl groups excluding tert-OH is 1. The van der Waals surface area contributed by atoms with E-state index in [1.807, 2.05) is 19.1 Å². The monoisotopic (exact) mass is 484 g/mol. The Bertz CT molecular complexity index is 647. The third-order valence-electron chi connectivity index (χ3n) is 8.09. The molecule has 198 valence electrons. The van der Waals surface area contributed by atoms with Gasteiger partial charge in [-0.3, -0.25) is 0 Å². The van der Waals surface area contributed by atoms with Crippen molar-refractivity contribution in [1.82, 2.24) is 0 Å². The van der Waals surface area contributed by atoms with Crippen molar-refractivity contribution >= 4 is 0 Å². The average Bonchev–Trinajstić information content (AvgIpc) is 2.82. The van der Waals surface area contributed by atoms with Gasteiger partial charge in [0.1, 0.15) is 24.4 Å². The van der Waals surface area contributed by atoms with E-state index in [2.05, 4.69) is 26.8 Å². The van der Waals surface area contributed by atoms with Crippen LogP contribution in [0.2, 0.25) is 0 Å². The fraction of sp³-hybridized carbons (Fsp3) is 0.852. The van der Waals surface area contributed by atoms with Crippen molar-refractivity contribution in [2.24, 2.45) is 23.7 Å². The second kappa shape index (κ2) is 14.1. The summed E-state index contributed by atoms with van der Waals surface area (Å²) in [6.07, 6.45) is 7.28. The second-order valence-corrected chi connectivity index (χ2v) is 9.85. The van der Waals surface area contributed by atoms with Crippen molar-refractivity contribution in [2.45, 2.75) is 89.9 Å². The Hall–Kier alpha value is -0.800. The third-order valence-corrected chi connectivity index (χ3v) is 8.09. The van der Waals surface area contributed by atoms with E-state index in [4.69, 9.17) is 28.4 Å². The van der Waals surface area contributed by atoms with Crippen LogP contribution in [0.4, 0.5) is 0 Å². The predicted octanol–water partition coefficient (Wildman–Crippen LogP) is 3.99. The Morgan fingerprint density at radius 2 is 1.56 bits per heavy atom. The zero-order chi connectivity index (χ0) is 25.4. The van der Waals surface area contributed by atoms with Crippen LogP contribution < -0.4 is 0 Å². The molecule has 11 atom stereocenters. The molecule has 1 saturated carbocycles. The summed E-state index contributed by atoms with van der Waals surface area (Å²) in [7, 11) is 8.29. The number of methoxy groups -OCH3 is 5. The molecule has 0 aromatic heterocycles. The Kier molecular flexibility index (Phi) is 12.2. The van der Waals surface area contributed by atoms with Gasteiger partial charge in [-0.25, -0.2) is 0 Å². The fourth-order valence-corrected chi connectivity index (χ4v) is 5.78. The summed E-state index contributed by atoms with van der Waals surface area (Å²) >= 11 is 0. The molecule has 1 aliphatic carbocycles. The van der Waals surface area contributed by atoms with E-state index in [0.29, 0.717) is 17.8 Å². The first-order valence-electron chi connectivity index (χ1n) is 12.6. The van der Waals surface area contributed by atoms with Gasteiger partial charge in [0, 0.05) is 41.5 Å². The molecule has 0 unspecified atom stereocenters. The number of hydrogen-bond acceptors (Lipinski definition) is 7. The Morgan fingerprint density at radius 1 is 0.941 bits per heavy atom. The van der Waals surface area contributed by atoms with E-state index in [1.54, 1.807) is 35.5 Å². The number of allylic oxidation sites excluding steroid dienone is 2. The van der Waals surface area contributed by atoms with Gasteiger partial charge in [-0.15, -0.1) is 0 Å². The van der Waals surface area contributed by atoms with Gasteiger partial charge in [-0.05, 0) is 49.5 Å². The number of ether oxygens (including phenoxy) is 6. The minimum Gasteiger partial charge on any atom is -0.392 e. The van der Waals surface area contributed by atoms with Gasteiger partial charge in [0.15, 0.2) is 6.29 Å². The summed E-state index contributed by atoms with van der Waals surface area (Å²) in [6, 6.07) is 0. The lowest BCUT2D eigenvalue weighted by molar-refractivity contribution is -0.295. The molecule has 34 heavy (non-hydrogen) atoms. The Balaban J connectivity index is 2.05. The average molecular weight is 485 g/mol. The summed E-state index contributed by atoms with van der Waals surface area (Å²) in [5.41, 5.74) is 0.990. The van der Waals surface area contributed by atoms with Crippen LogP contribution in [0.1, 0.15) is 47.0 Å². The minimum absolute atomic E-state index is 0.0495. The molecule has 0 aromatic carbocycles. The lowest BCUT2D eigenvalue weighted by Gasteiger charge is -2.46. The molecule has 1 heterocycles. The molecule has 0 spiro atoms. The van der Waals surface area contributed by atoms with Gasteiger partial charge in [0.2, 0.25) is 0 Å². The van der Waals surface area contributed by atoms with Gasteiger partial charge in [-0.1, -0.05) is 39.0 Å². The molecule has 2 fully saturated rings. The standard InChI is InChI=1S/C27H48O7/c1-10-21(29-5)18(4)19-14-15-20(19)22(28)16(2)12-11-13-17(3)23-24(30-6)25(31-7)26(32-8)27(33-9)34-23/h11-13,16,18-28H,10,14-15H2,1-9H3/b12-11+,17-13+/t16-,18+,19-,20+,21+,22+,23+,24-,25+,26-,27+/m1/s1. The normalized spacial score (nSPS) is 36.2. The quantitative estimate of drug-likeness (QED) is 0.396. The topological polar surface area (TPSA) is 75.6 Å². The molecule has 1 N–H and O–H groups in total. The van der Waals surface area contributed by atoms with E-state index in [0.717, 1.165) is 18.4 Å². The highest BCUT2D eigenvalue weighted by atomic mass is 16.7. The molecular formula is C27H48O7. The highest BCUT2D eigenvalue weighted by Gasteiger charge is 2.48. The van der Waals surface area contributed by atoms with Gasteiger partial charge < -0.3 is 33.5 Å². The molecule has 2 rings (SSSR count). The lowest BCUT2D eigenvalue weighted by Crippen LogP contribution is -2.60. The minimum atomic E-state index is -0.559. The van der Waals surface area contributed by atoms with Gasteiger partial charge >= 0.3 is 0 Å². The van der Waals surface area contributed by atoms with E-state index in [9.17, 15) is 5.11 Å². The summed E-state index contributed by atoms with van der Waals surface area (Å²) in [5, 5.41) is 11.1. The maximum absolute atomic E-state index is 11.1. The smallest absolute Gasteiger partial charge is 0.186 e. The highest BCUT2D eigenvalue weighted by Crippen LogP contribution is 2.45. The molecule has 1 saturated heterocycles. The van der Waals surface area contributed by atoms with Crippen LogP contribution >= 0.6 is 0 Å². The third kappa shape index (κ3) is 6.49.